The van der Waals surface area contributed by atoms with Crippen LogP contribution >= 0.6 is 12.6 Å². The van der Waals surface area contributed by atoms with Crippen LogP contribution < -0.4 is 16.0 Å². The maximum atomic E-state index is 12.8. The van der Waals surface area contributed by atoms with Crippen molar-refractivity contribution in [2.45, 2.75) is 97.2 Å². The van der Waals surface area contributed by atoms with Crippen LogP contribution in [0.2, 0.25) is 0 Å². The zero-order valence-electron chi connectivity index (χ0n) is 18.1. The maximum absolute atomic E-state index is 12.8. The molecule has 0 unspecified atom stereocenters. The van der Waals surface area contributed by atoms with E-state index in [4.69, 9.17) is 0 Å². The summed E-state index contributed by atoms with van der Waals surface area (Å²) in [7, 11) is 0. The second kappa shape index (κ2) is 13.8. The standard InChI is InChI=1S/C20H39N3O4S/c1-7-8-9-15(20(27)28)22-19(26)17(11-13(4)5)23-18(25)16(10-12(2)3)21-14(6)24/h12-13,15-17,20,27-28H,7-11H2,1-6H3,(H,21,24)(H,22,26)(H,23,25)/t15-,16-,17-,20+/m0/s1. The predicted octanol–water partition coefficient (Wildman–Crippen LogP) is 1.99. The average Bonchev–Trinajstić information content (AvgIpc) is 2.55. The fourth-order valence-electron chi connectivity index (χ4n) is 2.93. The quantitative estimate of drug-likeness (QED) is 0.233. The van der Waals surface area contributed by atoms with Gasteiger partial charge in [-0.3, -0.25) is 14.4 Å². The van der Waals surface area contributed by atoms with Crippen LogP contribution in [0.4, 0.5) is 0 Å². The Balaban J connectivity index is 5.23. The van der Waals surface area contributed by atoms with Gasteiger partial charge >= 0.3 is 0 Å². The van der Waals surface area contributed by atoms with Gasteiger partial charge in [-0.25, -0.2) is 0 Å². The third-order valence-electron chi connectivity index (χ3n) is 4.30. The van der Waals surface area contributed by atoms with Gasteiger partial charge in [0.2, 0.25) is 17.7 Å². The van der Waals surface area contributed by atoms with Crippen LogP contribution in [0.25, 0.3) is 0 Å². The number of nitrogens with one attached hydrogen (secondary N) is 3. The molecule has 3 amide bonds. The summed E-state index contributed by atoms with van der Waals surface area (Å²) in [5.41, 5.74) is -0.973. The van der Waals surface area contributed by atoms with Crippen molar-refractivity contribution in [3.8, 4) is 0 Å². The number of rotatable bonds is 13. The normalized spacial score (nSPS) is 15.6. The van der Waals surface area contributed by atoms with E-state index in [2.05, 4.69) is 28.6 Å². The van der Waals surface area contributed by atoms with Gasteiger partial charge in [0.25, 0.3) is 0 Å². The van der Waals surface area contributed by atoms with Crippen molar-refractivity contribution in [1.82, 2.24) is 16.0 Å². The molecule has 0 aliphatic heterocycles. The first kappa shape index (κ1) is 26.7. The number of amides is 3. The number of carbonyl (C=O) groups excluding carboxylic acids is 3. The zero-order chi connectivity index (χ0) is 21.9. The second-order valence-corrected chi connectivity index (χ2v) is 8.77. The van der Waals surface area contributed by atoms with Crippen molar-refractivity contribution >= 4 is 30.4 Å². The van der Waals surface area contributed by atoms with Gasteiger partial charge < -0.3 is 21.1 Å². The van der Waals surface area contributed by atoms with Crippen LogP contribution in [0.3, 0.4) is 0 Å². The summed E-state index contributed by atoms with van der Waals surface area (Å²) in [4.78, 5) is 37.0. The lowest BCUT2D eigenvalue weighted by molar-refractivity contribution is -0.132. The van der Waals surface area contributed by atoms with Gasteiger partial charge in [0.15, 0.2) is 0 Å². The first-order chi connectivity index (χ1) is 13.0. The molecule has 0 radical (unpaired) electrons. The Morgan fingerprint density at radius 2 is 1.36 bits per heavy atom. The number of thiol groups is 1. The molecule has 4 atom stereocenters. The van der Waals surface area contributed by atoms with Crippen LogP contribution in [0, 0.1) is 11.8 Å². The molecule has 0 aromatic heterocycles. The topological polar surface area (TPSA) is 108 Å². The van der Waals surface area contributed by atoms with Crippen LogP contribution in [0.1, 0.15) is 73.6 Å². The molecule has 0 aromatic carbocycles. The Hall–Kier alpha value is -1.28. The highest BCUT2D eigenvalue weighted by atomic mass is 32.1. The molecule has 28 heavy (non-hydrogen) atoms. The van der Waals surface area contributed by atoms with Gasteiger partial charge in [-0.1, -0.05) is 47.5 Å². The van der Waals surface area contributed by atoms with Gasteiger partial charge in [0.05, 0.1) is 6.04 Å². The molecule has 0 rings (SSSR count). The molecule has 8 heteroatoms. The van der Waals surface area contributed by atoms with Crippen LogP contribution in [0.15, 0.2) is 0 Å². The molecule has 0 saturated heterocycles. The lowest BCUT2D eigenvalue weighted by atomic mass is 9.99. The van der Waals surface area contributed by atoms with E-state index in [1.165, 1.54) is 6.92 Å². The maximum Gasteiger partial charge on any atom is 0.243 e. The third-order valence-corrected chi connectivity index (χ3v) is 4.66. The fraction of sp³-hybridized carbons (Fsp3) is 0.850. The minimum Gasteiger partial charge on any atom is -0.381 e. The van der Waals surface area contributed by atoms with Crippen LogP contribution in [0.5, 0.6) is 0 Å². The van der Waals surface area contributed by atoms with E-state index in [0.29, 0.717) is 19.3 Å². The van der Waals surface area contributed by atoms with Gasteiger partial charge in [0, 0.05) is 6.92 Å². The number of hydrogen-bond donors (Lipinski definition) is 5. The second-order valence-electron chi connectivity index (χ2n) is 8.24. The first-order valence-corrected chi connectivity index (χ1v) is 10.7. The van der Waals surface area contributed by atoms with Crippen LogP contribution in [-0.4, -0.2) is 46.4 Å². The van der Waals surface area contributed by atoms with Crippen molar-refractivity contribution in [2.24, 2.45) is 11.8 Å². The van der Waals surface area contributed by atoms with Gasteiger partial charge in [-0.2, -0.15) is 0 Å². The van der Waals surface area contributed by atoms with E-state index >= 15 is 0 Å². The number of aliphatic hydroxyl groups is 1. The lowest BCUT2D eigenvalue weighted by Crippen LogP contribution is -2.56. The van der Waals surface area contributed by atoms with Crippen molar-refractivity contribution in [2.75, 3.05) is 0 Å². The summed E-state index contributed by atoms with van der Waals surface area (Å²) < 4.78 is 0. The minimum atomic E-state index is -0.973. The van der Waals surface area contributed by atoms with Crippen molar-refractivity contribution in [1.29, 1.82) is 0 Å². The molecule has 0 fully saturated rings. The van der Waals surface area contributed by atoms with E-state index in [0.717, 1.165) is 12.8 Å². The molecular weight excluding hydrogens is 378 g/mol. The molecule has 0 aliphatic rings. The molecule has 164 valence electrons. The number of carbonyl (C=O) groups is 3. The smallest absolute Gasteiger partial charge is 0.243 e. The summed E-state index contributed by atoms with van der Waals surface area (Å²) >= 11 is 4.06. The molecule has 0 bridgehead atoms. The Morgan fingerprint density at radius 1 is 0.893 bits per heavy atom. The number of unbranched alkanes of at least 4 members (excludes halogenated alkanes) is 1. The monoisotopic (exact) mass is 417 g/mol. The first-order valence-electron chi connectivity index (χ1n) is 10.2. The number of hydrogen-bond acceptors (Lipinski definition) is 5. The third kappa shape index (κ3) is 11.5. The predicted molar refractivity (Wildman–Crippen MR) is 115 cm³/mol. The van der Waals surface area contributed by atoms with Crippen molar-refractivity contribution < 1.29 is 19.5 Å². The average molecular weight is 418 g/mol. The Morgan fingerprint density at radius 3 is 1.75 bits per heavy atom. The van der Waals surface area contributed by atoms with E-state index in [1.807, 2.05) is 34.6 Å². The summed E-state index contributed by atoms with van der Waals surface area (Å²) in [6.45, 7) is 11.3. The van der Waals surface area contributed by atoms with Crippen LogP contribution in [-0.2, 0) is 14.4 Å². The molecule has 0 saturated carbocycles. The Kier molecular flexibility index (Phi) is 13.2. The van der Waals surface area contributed by atoms with Gasteiger partial charge in [-0.15, -0.1) is 12.6 Å². The highest BCUT2D eigenvalue weighted by Crippen LogP contribution is 2.12. The van der Waals surface area contributed by atoms with Gasteiger partial charge in [0.1, 0.15) is 17.5 Å². The molecular formula is C20H39N3O4S. The zero-order valence-corrected chi connectivity index (χ0v) is 19.0. The molecule has 0 spiro atoms. The van der Waals surface area contributed by atoms with E-state index in [1.54, 1.807) is 0 Å². The molecule has 0 aromatic rings. The summed E-state index contributed by atoms with van der Waals surface area (Å²) in [6.07, 6.45) is 3.33. The summed E-state index contributed by atoms with van der Waals surface area (Å²) in [6, 6.07) is -1.91. The Bertz CT molecular complexity index is 498. The Labute approximate surface area is 175 Å². The van der Waals surface area contributed by atoms with Crippen molar-refractivity contribution in [3.63, 3.8) is 0 Å². The SMILES string of the molecule is CCCC[C@H](NC(=O)[C@H](CC(C)C)NC(=O)[C@H](CC(C)C)NC(C)=O)[C@H](O)S. The summed E-state index contributed by atoms with van der Waals surface area (Å²) in [5.74, 6) is -0.625. The van der Waals surface area contributed by atoms with E-state index in [-0.39, 0.29) is 29.6 Å². The number of aliphatic hydroxyl groups excluding tert-OH is 1. The minimum absolute atomic E-state index is 0.176. The van der Waals surface area contributed by atoms with Gasteiger partial charge in [-0.05, 0) is 31.1 Å². The molecule has 7 nitrogen and oxygen atoms in total. The summed E-state index contributed by atoms with van der Waals surface area (Å²) in [5, 5.41) is 18.1. The largest absolute Gasteiger partial charge is 0.381 e. The van der Waals surface area contributed by atoms with E-state index < -0.39 is 23.6 Å². The molecule has 4 N–H and O–H groups in total. The molecule has 0 heterocycles. The molecule has 0 aliphatic carbocycles. The highest BCUT2D eigenvalue weighted by molar-refractivity contribution is 7.80. The fourth-order valence-corrected chi connectivity index (χ4v) is 3.15. The van der Waals surface area contributed by atoms with E-state index in [9.17, 15) is 19.5 Å². The lowest BCUT2D eigenvalue weighted by Gasteiger charge is -2.27. The van der Waals surface area contributed by atoms with Crippen molar-refractivity contribution in [3.05, 3.63) is 0 Å². The highest BCUT2D eigenvalue weighted by Gasteiger charge is 2.29.